The lowest BCUT2D eigenvalue weighted by Crippen LogP contribution is -2.24. The molecule has 2 aromatic carbocycles. The lowest BCUT2D eigenvalue weighted by Gasteiger charge is -2.19. The van der Waals surface area contributed by atoms with Crippen LogP contribution in [0.3, 0.4) is 0 Å². The molecule has 0 bridgehead atoms. The van der Waals surface area contributed by atoms with Crippen LogP contribution in [0, 0.1) is 5.82 Å². The normalized spacial score (nSPS) is 12.4. The highest BCUT2D eigenvalue weighted by Crippen LogP contribution is 2.25. The van der Waals surface area contributed by atoms with Gasteiger partial charge in [-0.05, 0) is 30.7 Å². The maximum Gasteiger partial charge on any atom is 0.127 e. The molecule has 1 unspecified atom stereocenters. The molecule has 0 heterocycles. The van der Waals surface area contributed by atoms with E-state index in [4.69, 9.17) is 0 Å². The fraction of sp³-hybridized carbons (Fsp3) is 0.250. The molecule has 0 spiro atoms. The Morgan fingerprint density at radius 3 is 2.47 bits per heavy atom. The molecule has 1 nitrogen and oxygen atoms in total. The highest BCUT2D eigenvalue weighted by molar-refractivity contribution is 9.10. The molecule has 19 heavy (non-hydrogen) atoms. The minimum absolute atomic E-state index is 0.00935. The first-order chi connectivity index (χ1) is 9.22. The third kappa shape index (κ3) is 3.64. The van der Waals surface area contributed by atoms with E-state index in [1.165, 1.54) is 11.6 Å². The van der Waals surface area contributed by atoms with E-state index in [0.29, 0.717) is 0 Å². The predicted octanol–water partition coefficient (Wildman–Crippen LogP) is 4.48. The van der Waals surface area contributed by atoms with Crippen molar-refractivity contribution >= 4 is 15.9 Å². The molecule has 2 aromatic rings. The standard InChI is InChI=1S/C16H17BrFN/c1-2-19-16(13-8-4-6-10-15(13)18)11-12-7-3-5-9-14(12)17/h3-10,16,19H,2,11H2,1H3. The molecule has 100 valence electrons. The van der Waals surface area contributed by atoms with E-state index in [1.54, 1.807) is 6.07 Å². The van der Waals surface area contributed by atoms with E-state index >= 15 is 0 Å². The van der Waals surface area contributed by atoms with Gasteiger partial charge in [0, 0.05) is 16.1 Å². The zero-order chi connectivity index (χ0) is 13.7. The van der Waals surface area contributed by atoms with Crippen molar-refractivity contribution in [3.8, 4) is 0 Å². The van der Waals surface area contributed by atoms with Gasteiger partial charge in [-0.3, -0.25) is 0 Å². The Morgan fingerprint density at radius 2 is 1.79 bits per heavy atom. The summed E-state index contributed by atoms with van der Waals surface area (Å²) in [5.41, 5.74) is 1.90. The second-order valence-electron chi connectivity index (χ2n) is 4.43. The van der Waals surface area contributed by atoms with Gasteiger partial charge in [0.05, 0.1) is 0 Å². The van der Waals surface area contributed by atoms with Gasteiger partial charge in [-0.2, -0.15) is 0 Å². The maximum absolute atomic E-state index is 13.9. The lowest BCUT2D eigenvalue weighted by atomic mass is 9.98. The van der Waals surface area contributed by atoms with Crippen molar-refractivity contribution in [2.45, 2.75) is 19.4 Å². The smallest absolute Gasteiger partial charge is 0.127 e. The van der Waals surface area contributed by atoms with Crippen LogP contribution in [0.4, 0.5) is 4.39 Å². The van der Waals surface area contributed by atoms with E-state index in [9.17, 15) is 4.39 Å². The Bertz CT molecular complexity index is 542. The average Bonchev–Trinajstić information content (AvgIpc) is 2.41. The molecular formula is C16H17BrFN. The van der Waals surface area contributed by atoms with Crippen LogP contribution < -0.4 is 5.32 Å². The van der Waals surface area contributed by atoms with Crippen LogP contribution in [-0.2, 0) is 6.42 Å². The molecule has 0 aliphatic rings. The van der Waals surface area contributed by atoms with Gasteiger partial charge in [0.2, 0.25) is 0 Å². The molecule has 0 amide bonds. The van der Waals surface area contributed by atoms with Gasteiger partial charge in [-0.15, -0.1) is 0 Å². The number of benzene rings is 2. The summed E-state index contributed by atoms with van der Waals surface area (Å²) in [6.07, 6.45) is 0.760. The third-order valence-corrected chi connectivity index (χ3v) is 3.89. The molecule has 0 saturated heterocycles. The highest BCUT2D eigenvalue weighted by Gasteiger charge is 2.15. The molecule has 0 fully saturated rings. The van der Waals surface area contributed by atoms with Crippen molar-refractivity contribution in [3.63, 3.8) is 0 Å². The SMILES string of the molecule is CCNC(Cc1ccccc1Br)c1ccccc1F. The van der Waals surface area contributed by atoms with Crippen LogP contribution in [0.2, 0.25) is 0 Å². The van der Waals surface area contributed by atoms with Crippen LogP contribution in [0.5, 0.6) is 0 Å². The summed E-state index contributed by atoms with van der Waals surface area (Å²) in [5, 5.41) is 3.35. The minimum atomic E-state index is -0.152. The molecule has 2 rings (SSSR count). The first-order valence-electron chi connectivity index (χ1n) is 6.43. The number of likely N-dealkylation sites (N-methyl/N-ethyl adjacent to an activating group) is 1. The summed E-state index contributed by atoms with van der Waals surface area (Å²) in [4.78, 5) is 0. The van der Waals surface area contributed by atoms with E-state index < -0.39 is 0 Å². The molecular weight excluding hydrogens is 305 g/mol. The zero-order valence-electron chi connectivity index (χ0n) is 10.9. The van der Waals surface area contributed by atoms with Crippen molar-refractivity contribution in [1.82, 2.24) is 5.32 Å². The number of nitrogens with one attached hydrogen (secondary N) is 1. The van der Waals surface area contributed by atoms with Crippen LogP contribution in [-0.4, -0.2) is 6.54 Å². The van der Waals surface area contributed by atoms with E-state index in [2.05, 4.69) is 27.3 Å². The van der Waals surface area contributed by atoms with Crippen LogP contribution in [0.25, 0.3) is 0 Å². The molecule has 0 saturated carbocycles. The second kappa shape index (κ2) is 6.83. The maximum atomic E-state index is 13.9. The van der Waals surface area contributed by atoms with Gasteiger partial charge in [-0.1, -0.05) is 59.3 Å². The Morgan fingerprint density at radius 1 is 1.11 bits per heavy atom. The van der Waals surface area contributed by atoms with Gasteiger partial charge in [0.1, 0.15) is 5.82 Å². The largest absolute Gasteiger partial charge is 0.310 e. The van der Waals surface area contributed by atoms with Gasteiger partial charge >= 0.3 is 0 Å². The topological polar surface area (TPSA) is 12.0 Å². The molecule has 1 N–H and O–H groups in total. The van der Waals surface area contributed by atoms with Gasteiger partial charge in [0.15, 0.2) is 0 Å². The zero-order valence-corrected chi connectivity index (χ0v) is 12.5. The Labute approximate surface area is 122 Å². The quantitative estimate of drug-likeness (QED) is 0.856. The van der Waals surface area contributed by atoms with Crippen LogP contribution in [0.15, 0.2) is 53.0 Å². The number of hydrogen-bond acceptors (Lipinski definition) is 1. The summed E-state index contributed by atoms with van der Waals surface area (Å²) in [6, 6.07) is 15.0. The number of hydrogen-bond donors (Lipinski definition) is 1. The summed E-state index contributed by atoms with van der Waals surface area (Å²) in [7, 11) is 0. The molecule has 0 aliphatic carbocycles. The van der Waals surface area contributed by atoms with Crippen LogP contribution >= 0.6 is 15.9 Å². The van der Waals surface area contributed by atoms with Crippen molar-refractivity contribution < 1.29 is 4.39 Å². The van der Waals surface area contributed by atoms with Crippen LogP contribution in [0.1, 0.15) is 24.1 Å². The summed E-state index contributed by atoms with van der Waals surface area (Å²) < 4.78 is 15.0. The van der Waals surface area contributed by atoms with Crippen molar-refractivity contribution in [3.05, 3.63) is 69.9 Å². The molecule has 0 aromatic heterocycles. The number of halogens is 2. The molecule has 0 aliphatic heterocycles. The first-order valence-corrected chi connectivity index (χ1v) is 7.23. The van der Waals surface area contributed by atoms with E-state index in [-0.39, 0.29) is 11.9 Å². The fourth-order valence-electron chi connectivity index (χ4n) is 2.18. The monoisotopic (exact) mass is 321 g/mol. The lowest BCUT2D eigenvalue weighted by molar-refractivity contribution is 0.509. The third-order valence-electron chi connectivity index (χ3n) is 3.11. The minimum Gasteiger partial charge on any atom is -0.310 e. The molecule has 0 radical (unpaired) electrons. The summed E-state index contributed by atoms with van der Waals surface area (Å²) >= 11 is 3.55. The summed E-state index contributed by atoms with van der Waals surface area (Å²) in [6.45, 7) is 2.84. The van der Waals surface area contributed by atoms with Gasteiger partial charge in [-0.25, -0.2) is 4.39 Å². The summed E-state index contributed by atoms with van der Waals surface area (Å²) in [5.74, 6) is -0.152. The Balaban J connectivity index is 2.27. The average molecular weight is 322 g/mol. The van der Waals surface area contributed by atoms with E-state index in [1.807, 2.05) is 37.3 Å². The van der Waals surface area contributed by atoms with Gasteiger partial charge < -0.3 is 5.32 Å². The molecule has 3 heteroatoms. The molecule has 1 atom stereocenters. The fourth-order valence-corrected chi connectivity index (χ4v) is 2.63. The Hall–Kier alpha value is -1.19. The van der Waals surface area contributed by atoms with Gasteiger partial charge in [0.25, 0.3) is 0 Å². The van der Waals surface area contributed by atoms with Crippen molar-refractivity contribution in [1.29, 1.82) is 0 Å². The first kappa shape index (κ1) is 14.2. The van der Waals surface area contributed by atoms with E-state index in [0.717, 1.165) is 23.0 Å². The Kier molecular flexibility index (Phi) is 5.11. The highest BCUT2D eigenvalue weighted by atomic mass is 79.9. The number of rotatable bonds is 5. The predicted molar refractivity (Wildman–Crippen MR) is 80.7 cm³/mol. The second-order valence-corrected chi connectivity index (χ2v) is 5.28. The van der Waals surface area contributed by atoms with Crippen molar-refractivity contribution in [2.24, 2.45) is 0 Å². The van der Waals surface area contributed by atoms with Crippen molar-refractivity contribution in [2.75, 3.05) is 6.54 Å².